The van der Waals surface area contributed by atoms with Gasteiger partial charge >= 0.3 is 0 Å². The van der Waals surface area contributed by atoms with Crippen LogP contribution < -0.4 is 9.64 Å². The van der Waals surface area contributed by atoms with Crippen molar-refractivity contribution in [3.05, 3.63) is 94.6 Å². The number of benzene rings is 2. The number of aliphatic hydroxyl groups excluding tert-OH is 1. The molecule has 2 aromatic carbocycles. The zero-order valence-corrected chi connectivity index (χ0v) is 16.9. The van der Waals surface area contributed by atoms with E-state index in [0.29, 0.717) is 17.0 Å². The molecule has 0 bridgehead atoms. The van der Waals surface area contributed by atoms with E-state index in [0.717, 1.165) is 11.1 Å². The number of furan rings is 1. The summed E-state index contributed by atoms with van der Waals surface area (Å²) in [6.07, 6.45) is 1.38. The van der Waals surface area contributed by atoms with Gasteiger partial charge in [-0.05, 0) is 66.9 Å². The van der Waals surface area contributed by atoms with Crippen molar-refractivity contribution in [3.63, 3.8) is 0 Å². The Kier molecular flexibility index (Phi) is 4.91. The van der Waals surface area contributed by atoms with Gasteiger partial charge < -0.3 is 14.3 Å². The fourth-order valence-electron chi connectivity index (χ4n) is 3.86. The Bertz CT molecular complexity index is 1140. The van der Waals surface area contributed by atoms with Crippen molar-refractivity contribution in [2.45, 2.75) is 19.9 Å². The van der Waals surface area contributed by atoms with E-state index < -0.39 is 23.5 Å². The fourth-order valence-corrected chi connectivity index (χ4v) is 3.86. The summed E-state index contributed by atoms with van der Waals surface area (Å²) in [4.78, 5) is 27.8. The second kappa shape index (κ2) is 7.55. The largest absolute Gasteiger partial charge is 0.503 e. The highest BCUT2D eigenvalue weighted by Crippen LogP contribution is 2.43. The Morgan fingerprint density at radius 3 is 2.43 bits per heavy atom. The first-order valence-electron chi connectivity index (χ1n) is 9.48. The number of aliphatic hydroxyl groups is 1. The maximum Gasteiger partial charge on any atom is 0.294 e. The van der Waals surface area contributed by atoms with Gasteiger partial charge in [-0.3, -0.25) is 14.5 Å². The van der Waals surface area contributed by atoms with Crippen LogP contribution in [0.25, 0.3) is 0 Å². The van der Waals surface area contributed by atoms with Crippen LogP contribution in [0.5, 0.6) is 5.75 Å². The number of Topliss-reactive ketones (excluding diaryl/α,β-unsaturated/α-hetero) is 1. The van der Waals surface area contributed by atoms with Crippen LogP contribution in [0.15, 0.2) is 76.6 Å². The minimum atomic E-state index is -0.827. The Balaban J connectivity index is 1.92. The predicted octanol–water partition coefficient (Wildman–Crippen LogP) is 4.69. The molecule has 0 spiro atoms. The Morgan fingerprint density at radius 1 is 1.07 bits per heavy atom. The van der Waals surface area contributed by atoms with Crippen LogP contribution in [0.3, 0.4) is 0 Å². The molecule has 1 aromatic heterocycles. The van der Waals surface area contributed by atoms with Crippen molar-refractivity contribution in [2.75, 3.05) is 12.0 Å². The lowest BCUT2D eigenvalue weighted by atomic mass is 9.94. The zero-order chi connectivity index (χ0) is 21.4. The summed E-state index contributed by atoms with van der Waals surface area (Å²) in [5.41, 5.74) is 3.14. The Morgan fingerprint density at radius 2 is 1.80 bits per heavy atom. The van der Waals surface area contributed by atoms with Crippen LogP contribution in [0.2, 0.25) is 0 Å². The molecule has 30 heavy (non-hydrogen) atoms. The molecule has 0 fully saturated rings. The highest BCUT2D eigenvalue weighted by molar-refractivity contribution is 6.20. The first-order valence-corrected chi connectivity index (χ1v) is 9.48. The summed E-state index contributed by atoms with van der Waals surface area (Å²) in [7, 11) is 1.54. The quantitative estimate of drug-likeness (QED) is 0.625. The average molecular weight is 403 g/mol. The standard InChI is InChI=1S/C24H21NO5/c1-14-10-15(2)12-17(11-14)25-21(16-6-4-7-18(13-16)29-3)20(23(27)24(25)28)22(26)19-8-5-9-30-19/h4-13,21,27H,1-3H3. The molecule has 3 aromatic rings. The fraction of sp³-hybridized carbons (Fsp3) is 0.167. The van der Waals surface area contributed by atoms with Gasteiger partial charge in [-0.1, -0.05) is 18.2 Å². The molecule has 6 heteroatoms. The van der Waals surface area contributed by atoms with E-state index in [1.54, 1.807) is 37.4 Å². The monoisotopic (exact) mass is 403 g/mol. The van der Waals surface area contributed by atoms with E-state index in [2.05, 4.69) is 0 Å². The van der Waals surface area contributed by atoms with Gasteiger partial charge in [0.05, 0.1) is 25.0 Å². The smallest absolute Gasteiger partial charge is 0.294 e. The summed E-state index contributed by atoms with van der Waals surface area (Å²) in [5.74, 6) is -1.12. The predicted molar refractivity (Wildman–Crippen MR) is 112 cm³/mol. The van der Waals surface area contributed by atoms with Gasteiger partial charge in [0.2, 0.25) is 5.78 Å². The lowest BCUT2D eigenvalue weighted by Gasteiger charge is -2.27. The minimum absolute atomic E-state index is 0.0256. The summed E-state index contributed by atoms with van der Waals surface area (Å²) < 4.78 is 10.6. The molecule has 1 atom stereocenters. The van der Waals surface area contributed by atoms with E-state index in [1.165, 1.54) is 17.2 Å². The van der Waals surface area contributed by atoms with Gasteiger partial charge in [-0.25, -0.2) is 0 Å². The zero-order valence-electron chi connectivity index (χ0n) is 16.9. The van der Waals surface area contributed by atoms with Crippen molar-refractivity contribution < 1.29 is 23.8 Å². The molecule has 2 heterocycles. The van der Waals surface area contributed by atoms with Crippen molar-refractivity contribution in [1.29, 1.82) is 0 Å². The molecule has 152 valence electrons. The molecular weight excluding hydrogens is 382 g/mol. The van der Waals surface area contributed by atoms with E-state index >= 15 is 0 Å². The number of anilines is 1. The van der Waals surface area contributed by atoms with E-state index in [1.807, 2.05) is 32.0 Å². The number of carbonyl (C=O) groups is 2. The molecule has 1 aliphatic rings. The van der Waals surface area contributed by atoms with Gasteiger partial charge in [0, 0.05) is 5.69 Å². The van der Waals surface area contributed by atoms with Crippen LogP contribution >= 0.6 is 0 Å². The van der Waals surface area contributed by atoms with Crippen LogP contribution in [0.4, 0.5) is 5.69 Å². The third kappa shape index (κ3) is 3.26. The molecule has 4 rings (SSSR count). The summed E-state index contributed by atoms with van der Waals surface area (Å²) >= 11 is 0. The molecule has 1 amide bonds. The van der Waals surface area contributed by atoms with Crippen LogP contribution in [-0.4, -0.2) is 23.9 Å². The van der Waals surface area contributed by atoms with Gasteiger partial charge in [-0.15, -0.1) is 0 Å². The summed E-state index contributed by atoms with van der Waals surface area (Å²) in [6, 6.07) is 15.1. The Labute approximate surface area is 174 Å². The third-order valence-electron chi connectivity index (χ3n) is 5.09. The van der Waals surface area contributed by atoms with E-state index in [-0.39, 0.29) is 11.3 Å². The second-order valence-electron chi connectivity index (χ2n) is 7.27. The second-order valence-corrected chi connectivity index (χ2v) is 7.27. The van der Waals surface area contributed by atoms with Gasteiger partial charge in [-0.2, -0.15) is 0 Å². The number of aryl methyl sites for hydroxylation is 2. The molecule has 0 saturated carbocycles. The van der Waals surface area contributed by atoms with Crippen molar-refractivity contribution >= 4 is 17.4 Å². The van der Waals surface area contributed by atoms with Gasteiger partial charge in [0.15, 0.2) is 11.5 Å². The maximum atomic E-state index is 13.2. The Hall–Kier alpha value is -3.80. The first kappa shape index (κ1) is 19.5. The van der Waals surface area contributed by atoms with Crippen LogP contribution in [-0.2, 0) is 4.79 Å². The lowest BCUT2D eigenvalue weighted by Crippen LogP contribution is -2.31. The molecule has 1 aliphatic heterocycles. The molecule has 1 unspecified atom stereocenters. The third-order valence-corrected chi connectivity index (χ3v) is 5.09. The number of carbonyl (C=O) groups excluding carboxylic acids is 2. The number of hydrogen-bond donors (Lipinski definition) is 1. The summed E-state index contributed by atoms with van der Waals surface area (Å²) in [5, 5.41) is 10.7. The molecule has 0 saturated heterocycles. The number of ether oxygens (including phenoxy) is 1. The van der Waals surface area contributed by atoms with Crippen molar-refractivity contribution in [2.24, 2.45) is 0 Å². The van der Waals surface area contributed by atoms with Crippen LogP contribution in [0, 0.1) is 13.8 Å². The molecule has 1 N–H and O–H groups in total. The maximum absolute atomic E-state index is 13.2. The number of methoxy groups -OCH3 is 1. The average Bonchev–Trinajstić information content (AvgIpc) is 3.34. The normalized spacial score (nSPS) is 16.3. The number of ketones is 1. The van der Waals surface area contributed by atoms with Crippen molar-refractivity contribution in [1.82, 2.24) is 0 Å². The molecule has 0 radical (unpaired) electrons. The lowest BCUT2D eigenvalue weighted by molar-refractivity contribution is -0.117. The topological polar surface area (TPSA) is 80.0 Å². The first-order chi connectivity index (χ1) is 14.4. The number of amides is 1. The molecule has 6 nitrogen and oxygen atoms in total. The highest BCUT2D eigenvalue weighted by Gasteiger charge is 2.45. The SMILES string of the molecule is COc1cccc(C2C(C(=O)c3ccco3)=C(O)C(=O)N2c2cc(C)cc(C)c2)c1. The van der Waals surface area contributed by atoms with Crippen LogP contribution in [0.1, 0.15) is 33.3 Å². The van der Waals surface area contributed by atoms with Crippen molar-refractivity contribution in [3.8, 4) is 5.75 Å². The summed E-state index contributed by atoms with van der Waals surface area (Å²) in [6.45, 7) is 3.86. The molecular formula is C24H21NO5. The van der Waals surface area contributed by atoms with Gasteiger partial charge in [0.1, 0.15) is 5.75 Å². The minimum Gasteiger partial charge on any atom is -0.503 e. The highest BCUT2D eigenvalue weighted by atomic mass is 16.5. The van der Waals surface area contributed by atoms with E-state index in [9.17, 15) is 14.7 Å². The van der Waals surface area contributed by atoms with E-state index in [4.69, 9.17) is 9.15 Å². The van der Waals surface area contributed by atoms with Gasteiger partial charge in [0.25, 0.3) is 5.91 Å². The molecule has 0 aliphatic carbocycles. The number of hydrogen-bond acceptors (Lipinski definition) is 5. The number of rotatable bonds is 5. The number of nitrogens with zero attached hydrogens (tertiary/aromatic N) is 1.